The van der Waals surface area contributed by atoms with E-state index in [1.165, 1.54) is 0 Å². The Bertz CT molecular complexity index is 362. The van der Waals surface area contributed by atoms with Crippen molar-refractivity contribution in [2.24, 2.45) is 0 Å². The third kappa shape index (κ3) is 5.74. The summed E-state index contributed by atoms with van der Waals surface area (Å²) < 4.78 is 43.9. The average Bonchev–Trinajstić information content (AvgIpc) is 2.36. The fraction of sp³-hybridized carbons (Fsp3) is 1.00. The molecule has 0 aliphatic carbocycles. The van der Waals surface area contributed by atoms with Gasteiger partial charge < -0.3 is 14.2 Å². The Labute approximate surface area is 114 Å². The zero-order valence-corrected chi connectivity index (χ0v) is 12.1. The molecule has 2 rings (SSSR count). The first-order valence-electron chi connectivity index (χ1n) is 6.72. The molecule has 6 nitrogen and oxygen atoms in total. The highest BCUT2D eigenvalue weighted by Crippen LogP contribution is 2.20. The highest BCUT2D eigenvalue weighted by molar-refractivity contribution is 7.86. The van der Waals surface area contributed by atoms with Crippen LogP contribution in [0, 0.1) is 0 Å². The van der Waals surface area contributed by atoms with Crippen molar-refractivity contribution in [1.29, 1.82) is 0 Å². The molecule has 2 saturated heterocycles. The maximum absolute atomic E-state index is 11.1. The summed E-state index contributed by atoms with van der Waals surface area (Å²) in [5.41, 5.74) is 0. The fourth-order valence-corrected chi connectivity index (χ4v) is 3.05. The quantitative estimate of drug-likeness (QED) is 0.695. The van der Waals surface area contributed by atoms with E-state index in [2.05, 4.69) is 0 Å². The van der Waals surface area contributed by atoms with Crippen LogP contribution in [-0.4, -0.2) is 59.4 Å². The van der Waals surface area contributed by atoms with Crippen LogP contribution in [-0.2, 0) is 28.5 Å². The summed E-state index contributed by atoms with van der Waals surface area (Å²) in [6.45, 7) is 2.50. The lowest BCUT2D eigenvalue weighted by atomic mass is 10.1. The van der Waals surface area contributed by atoms with Crippen molar-refractivity contribution in [3.05, 3.63) is 0 Å². The molecule has 2 heterocycles. The molecule has 0 amide bonds. The van der Waals surface area contributed by atoms with Crippen LogP contribution in [0.25, 0.3) is 0 Å². The van der Waals surface area contributed by atoms with Crippen molar-refractivity contribution in [2.75, 3.05) is 32.7 Å². The van der Waals surface area contributed by atoms with Crippen molar-refractivity contribution in [2.45, 2.75) is 44.0 Å². The summed E-state index contributed by atoms with van der Waals surface area (Å²) in [4.78, 5) is 0. The lowest BCUT2D eigenvalue weighted by molar-refractivity contribution is -0.103. The van der Waals surface area contributed by atoms with Crippen LogP contribution < -0.4 is 0 Å². The van der Waals surface area contributed by atoms with Crippen molar-refractivity contribution >= 4 is 10.1 Å². The molecule has 0 bridgehead atoms. The third-order valence-corrected chi connectivity index (χ3v) is 3.94. The van der Waals surface area contributed by atoms with E-state index in [4.69, 9.17) is 18.4 Å². The molecule has 0 aromatic heterocycles. The number of hydrogen-bond donors (Lipinski definition) is 0. The van der Waals surface area contributed by atoms with Crippen LogP contribution in [0.4, 0.5) is 0 Å². The van der Waals surface area contributed by atoms with Crippen LogP contribution in [0.15, 0.2) is 0 Å². The van der Waals surface area contributed by atoms with Crippen molar-refractivity contribution in [1.82, 2.24) is 0 Å². The lowest BCUT2D eigenvalue weighted by Gasteiger charge is -2.30. The van der Waals surface area contributed by atoms with Gasteiger partial charge in [0.1, 0.15) is 0 Å². The molecule has 2 atom stereocenters. The number of hydrogen-bond acceptors (Lipinski definition) is 6. The molecule has 0 saturated carbocycles. The predicted molar refractivity (Wildman–Crippen MR) is 68.5 cm³/mol. The van der Waals surface area contributed by atoms with Gasteiger partial charge in [-0.25, -0.2) is 0 Å². The molecule has 2 aliphatic rings. The standard InChI is InChI=1S/C12H22O6S/c1-19(13,14)18-11-4-7-16-12(8-11)9-17-10-2-5-15-6-3-10/h10-12H,2-9H2,1H3. The minimum Gasteiger partial charge on any atom is -0.381 e. The predicted octanol–water partition coefficient (Wildman–Crippen LogP) is 0.706. The van der Waals surface area contributed by atoms with Gasteiger partial charge in [-0.15, -0.1) is 0 Å². The molecule has 0 aromatic carbocycles. The maximum atomic E-state index is 11.1. The molecule has 112 valence electrons. The Morgan fingerprint density at radius 3 is 2.47 bits per heavy atom. The first-order valence-corrected chi connectivity index (χ1v) is 8.54. The Hall–Kier alpha value is -0.210. The Morgan fingerprint density at radius 1 is 1.11 bits per heavy atom. The molecule has 0 aromatic rings. The van der Waals surface area contributed by atoms with Gasteiger partial charge in [0.25, 0.3) is 10.1 Å². The van der Waals surface area contributed by atoms with Crippen molar-refractivity contribution < 1.29 is 26.8 Å². The summed E-state index contributed by atoms with van der Waals surface area (Å²) in [5, 5.41) is 0. The molecule has 0 N–H and O–H groups in total. The van der Waals surface area contributed by atoms with Crippen molar-refractivity contribution in [3.63, 3.8) is 0 Å². The van der Waals surface area contributed by atoms with Crippen molar-refractivity contribution in [3.8, 4) is 0 Å². The zero-order valence-electron chi connectivity index (χ0n) is 11.2. The Morgan fingerprint density at radius 2 is 1.79 bits per heavy atom. The first kappa shape index (κ1) is 15.2. The molecular weight excluding hydrogens is 272 g/mol. The zero-order chi connectivity index (χ0) is 13.7. The molecular formula is C12H22O6S. The van der Waals surface area contributed by atoms with E-state index in [9.17, 15) is 8.42 Å². The summed E-state index contributed by atoms with van der Waals surface area (Å²) in [6.07, 6.45) is 3.95. The molecule has 7 heteroatoms. The minimum atomic E-state index is -3.40. The van der Waals surface area contributed by atoms with Gasteiger partial charge in [0.2, 0.25) is 0 Å². The van der Waals surface area contributed by atoms with Crippen LogP contribution >= 0.6 is 0 Å². The Kier molecular flexibility index (Phi) is 5.58. The molecule has 0 radical (unpaired) electrons. The van der Waals surface area contributed by atoms with E-state index in [0.29, 0.717) is 26.1 Å². The summed E-state index contributed by atoms with van der Waals surface area (Å²) in [7, 11) is -3.40. The number of ether oxygens (including phenoxy) is 3. The second-order valence-corrected chi connectivity index (χ2v) is 6.69. The Balaban J connectivity index is 1.71. The summed E-state index contributed by atoms with van der Waals surface area (Å²) >= 11 is 0. The monoisotopic (exact) mass is 294 g/mol. The van der Waals surface area contributed by atoms with Crippen LogP contribution in [0.1, 0.15) is 25.7 Å². The van der Waals surface area contributed by atoms with Crippen LogP contribution in [0.5, 0.6) is 0 Å². The molecule has 0 spiro atoms. The van der Waals surface area contributed by atoms with Gasteiger partial charge in [0.05, 0.1) is 31.2 Å². The van der Waals surface area contributed by atoms with Crippen LogP contribution in [0.3, 0.4) is 0 Å². The summed E-state index contributed by atoms with van der Waals surface area (Å²) in [5.74, 6) is 0. The highest BCUT2D eigenvalue weighted by atomic mass is 32.2. The first-order chi connectivity index (χ1) is 9.03. The maximum Gasteiger partial charge on any atom is 0.264 e. The van der Waals surface area contributed by atoms with Gasteiger partial charge in [-0.3, -0.25) is 4.18 Å². The second kappa shape index (κ2) is 6.99. The van der Waals surface area contributed by atoms with E-state index >= 15 is 0 Å². The highest BCUT2D eigenvalue weighted by Gasteiger charge is 2.27. The minimum absolute atomic E-state index is 0.0802. The van der Waals surface area contributed by atoms with E-state index in [0.717, 1.165) is 32.3 Å². The van der Waals surface area contributed by atoms with Gasteiger partial charge in [-0.2, -0.15) is 8.42 Å². The van der Waals surface area contributed by atoms with Gasteiger partial charge in [0.15, 0.2) is 0 Å². The largest absolute Gasteiger partial charge is 0.381 e. The average molecular weight is 294 g/mol. The SMILES string of the molecule is CS(=O)(=O)OC1CCOC(COC2CCOCC2)C1. The van der Waals surface area contributed by atoms with E-state index in [1.54, 1.807) is 0 Å². The topological polar surface area (TPSA) is 71.1 Å². The number of rotatable bonds is 5. The second-order valence-electron chi connectivity index (χ2n) is 5.08. The molecule has 2 fully saturated rings. The van der Waals surface area contributed by atoms with Gasteiger partial charge in [0, 0.05) is 26.2 Å². The normalized spacial score (nSPS) is 30.4. The molecule has 2 aliphatic heterocycles. The van der Waals surface area contributed by atoms with E-state index < -0.39 is 10.1 Å². The molecule has 2 unspecified atom stereocenters. The third-order valence-electron chi connectivity index (χ3n) is 3.32. The lowest BCUT2D eigenvalue weighted by Crippen LogP contribution is -2.36. The van der Waals surface area contributed by atoms with Gasteiger partial charge in [-0.05, 0) is 19.3 Å². The smallest absolute Gasteiger partial charge is 0.264 e. The summed E-state index contributed by atoms with van der Waals surface area (Å²) in [6, 6.07) is 0. The van der Waals surface area contributed by atoms with Gasteiger partial charge in [-0.1, -0.05) is 0 Å². The van der Waals surface area contributed by atoms with Crippen LogP contribution in [0.2, 0.25) is 0 Å². The van der Waals surface area contributed by atoms with E-state index in [1.807, 2.05) is 0 Å². The van der Waals surface area contributed by atoms with E-state index in [-0.39, 0.29) is 18.3 Å². The van der Waals surface area contributed by atoms with Gasteiger partial charge >= 0.3 is 0 Å². The molecule has 19 heavy (non-hydrogen) atoms. The fourth-order valence-electron chi connectivity index (χ4n) is 2.38.